The molecule has 0 aromatic heterocycles. The zero-order valence-electron chi connectivity index (χ0n) is 15.7. The van der Waals surface area contributed by atoms with Gasteiger partial charge in [0.05, 0.1) is 11.3 Å². The number of carbonyl (C=O) groups excluding carboxylic acids is 3. The number of aryl methyl sites for hydroxylation is 1. The molecular formula is C22H22FNO3. The molecule has 2 aromatic rings. The summed E-state index contributed by atoms with van der Waals surface area (Å²) in [7, 11) is 0. The highest BCUT2D eigenvalue weighted by atomic mass is 19.1. The van der Waals surface area contributed by atoms with Crippen LogP contribution in [-0.4, -0.2) is 17.5 Å². The van der Waals surface area contributed by atoms with Crippen molar-refractivity contribution in [2.45, 2.75) is 40.0 Å². The summed E-state index contributed by atoms with van der Waals surface area (Å²) < 4.78 is 14.0. The van der Waals surface area contributed by atoms with E-state index >= 15 is 0 Å². The van der Waals surface area contributed by atoms with E-state index < -0.39 is 11.7 Å². The van der Waals surface area contributed by atoms with Gasteiger partial charge in [0.15, 0.2) is 11.6 Å². The maximum absolute atomic E-state index is 14.0. The molecule has 140 valence electrons. The van der Waals surface area contributed by atoms with Gasteiger partial charge in [0.1, 0.15) is 5.82 Å². The first kappa shape index (κ1) is 19.0. The van der Waals surface area contributed by atoms with E-state index in [0.29, 0.717) is 29.7 Å². The molecular weight excluding hydrogens is 345 g/mol. The van der Waals surface area contributed by atoms with Crippen molar-refractivity contribution in [3.8, 4) is 0 Å². The summed E-state index contributed by atoms with van der Waals surface area (Å²) in [6, 6.07) is 7.92. The van der Waals surface area contributed by atoms with Crippen LogP contribution in [0.3, 0.4) is 0 Å². The second-order valence-corrected chi connectivity index (χ2v) is 7.04. The Bertz CT molecular complexity index is 947. The summed E-state index contributed by atoms with van der Waals surface area (Å²) in [5.74, 6) is -1.55. The highest BCUT2D eigenvalue weighted by Crippen LogP contribution is 2.30. The van der Waals surface area contributed by atoms with E-state index in [1.165, 1.54) is 6.07 Å². The summed E-state index contributed by atoms with van der Waals surface area (Å²) in [6.07, 6.45) is 1.22. The van der Waals surface area contributed by atoms with Crippen molar-refractivity contribution < 1.29 is 18.8 Å². The fraction of sp³-hybridized carbons (Fsp3) is 0.318. The average molecular weight is 367 g/mol. The quantitative estimate of drug-likeness (QED) is 0.785. The van der Waals surface area contributed by atoms with Crippen LogP contribution >= 0.6 is 0 Å². The number of Topliss-reactive ketones (excluding diaryl/α,β-unsaturated/α-hetero) is 2. The van der Waals surface area contributed by atoms with Gasteiger partial charge in [0.2, 0.25) is 0 Å². The van der Waals surface area contributed by atoms with Crippen molar-refractivity contribution in [3.05, 3.63) is 64.0 Å². The van der Waals surface area contributed by atoms with Crippen LogP contribution in [0.4, 0.5) is 10.1 Å². The Morgan fingerprint density at radius 2 is 1.89 bits per heavy atom. The number of fused-ring (bicyclic) bond motifs is 1. The predicted octanol–water partition coefficient (Wildman–Crippen LogP) is 4.61. The monoisotopic (exact) mass is 367 g/mol. The van der Waals surface area contributed by atoms with Gasteiger partial charge in [-0.05, 0) is 42.2 Å². The molecule has 4 nitrogen and oxygen atoms in total. The molecule has 0 saturated heterocycles. The molecule has 0 radical (unpaired) electrons. The normalized spacial score (nSPS) is 13.0. The second-order valence-electron chi connectivity index (χ2n) is 7.04. The van der Waals surface area contributed by atoms with Gasteiger partial charge in [-0.15, -0.1) is 0 Å². The Balaban J connectivity index is 2.01. The molecule has 1 N–H and O–H groups in total. The Labute approximate surface area is 157 Å². The third-order valence-corrected chi connectivity index (χ3v) is 4.94. The van der Waals surface area contributed by atoms with Crippen LogP contribution in [0.5, 0.6) is 0 Å². The number of hydrogen-bond acceptors (Lipinski definition) is 3. The van der Waals surface area contributed by atoms with Gasteiger partial charge in [-0.3, -0.25) is 14.4 Å². The molecule has 1 amide bonds. The minimum absolute atomic E-state index is 0.0171. The van der Waals surface area contributed by atoms with E-state index in [9.17, 15) is 18.8 Å². The van der Waals surface area contributed by atoms with Crippen molar-refractivity contribution in [1.82, 2.24) is 0 Å². The summed E-state index contributed by atoms with van der Waals surface area (Å²) in [5, 5.41) is 2.81. The lowest BCUT2D eigenvalue weighted by Gasteiger charge is -2.16. The van der Waals surface area contributed by atoms with Crippen LogP contribution in [0, 0.1) is 11.7 Å². The van der Waals surface area contributed by atoms with Crippen LogP contribution in [0.15, 0.2) is 30.3 Å². The summed E-state index contributed by atoms with van der Waals surface area (Å²) in [5.41, 5.74) is 2.57. The second kappa shape index (κ2) is 7.43. The number of carbonyl (C=O) groups is 3. The summed E-state index contributed by atoms with van der Waals surface area (Å²) in [4.78, 5) is 37.5. The maximum atomic E-state index is 14.0. The van der Waals surface area contributed by atoms with Crippen molar-refractivity contribution in [1.29, 1.82) is 0 Å². The highest BCUT2D eigenvalue weighted by Gasteiger charge is 2.29. The number of nitrogens with one attached hydrogen (secondary N) is 1. The molecule has 1 aliphatic rings. The minimum atomic E-state index is -0.590. The van der Waals surface area contributed by atoms with Gasteiger partial charge in [-0.25, -0.2) is 4.39 Å². The molecule has 0 unspecified atom stereocenters. The first-order chi connectivity index (χ1) is 12.8. The lowest BCUT2D eigenvalue weighted by atomic mass is 9.93. The number of benzene rings is 2. The van der Waals surface area contributed by atoms with Crippen LogP contribution in [0.2, 0.25) is 0 Å². The SMILES string of the molecule is CCc1cccc(NC(=O)c2ccc(F)c3c2CCC3=O)c1C(=O)C(C)C. The fourth-order valence-electron chi connectivity index (χ4n) is 3.52. The Morgan fingerprint density at radius 1 is 1.15 bits per heavy atom. The van der Waals surface area contributed by atoms with Crippen molar-refractivity contribution in [2.24, 2.45) is 5.92 Å². The van der Waals surface area contributed by atoms with Gasteiger partial charge >= 0.3 is 0 Å². The van der Waals surface area contributed by atoms with E-state index in [0.717, 1.165) is 11.6 Å². The molecule has 27 heavy (non-hydrogen) atoms. The molecule has 5 heteroatoms. The number of halogens is 1. The van der Waals surface area contributed by atoms with Gasteiger partial charge in [-0.2, -0.15) is 0 Å². The predicted molar refractivity (Wildman–Crippen MR) is 102 cm³/mol. The average Bonchev–Trinajstić information content (AvgIpc) is 3.03. The van der Waals surface area contributed by atoms with Crippen LogP contribution in [-0.2, 0) is 12.8 Å². The zero-order valence-corrected chi connectivity index (χ0v) is 15.7. The van der Waals surface area contributed by atoms with Gasteiger partial charge < -0.3 is 5.32 Å². The molecule has 1 aliphatic carbocycles. The Hall–Kier alpha value is -2.82. The van der Waals surface area contributed by atoms with Crippen LogP contribution in [0.1, 0.15) is 69.4 Å². The molecule has 0 aliphatic heterocycles. The Morgan fingerprint density at radius 3 is 2.56 bits per heavy atom. The van der Waals surface area contributed by atoms with Crippen LogP contribution in [0.25, 0.3) is 0 Å². The molecule has 3 rings (SSSR count). The number of anilines is 1. The van der Waals surface area contributed by atoms with E-state index in [1.807, 2.05) is 26.8 Å². The van der Waals surface area contributed by atoms with E-state index in [-0.39, 0.29) is 35.0 Å². The maximum Gasteiger partial charge on any atom is 0.255 e. The number of ketones is 2. The summed E-state index contributed by atoms with van der Waals surface area (Å²) in [6.45, 7) is 5.59. The van der Waals surface area contributed by atoms with Gasteiger partial charge in [0, 0.05) is 23.5 Å². The lowest BCUT2D eigenvalue weighted by molar-refractivity contribution is 0.0938. The van der Waals surface area contributed by atoms with Gasteiger partial charge in [0.25, 0.3) is 5.91 Å². The third kappa shape index (κ3) is 3.42. The Kier molecular flexibility index (Phi) is 5.22. The first-order valence-corrected chi connectivity index (χ1v) is 9.17. The van der Waals surface area contributed by atoms with Crippen LogP contribution < -0.4 is 5.32 Å². The molecule has 0 bridgehead atoms. The number of rotatable bonds is 5. The van der Waals surface area contributed by atoms with Crippen molar-refractivity contribution in [2.75, 3.05) is 5.32 Å². The summed E-state index contributed by atoms with van der Waals surface area (Å²) >= 11 is 0. The molecule has 0 fully saturated rings. The molecule has 0 saturated carbocycles. The number of amides is 1. The van der Waals surface area contributed by atoms with Crippen molar-refractivity contribution in [3.63, 3.8) is 0 Å². The van der Waals surface area contributed by atoms with E-state index in [2.05, 4.69) is 5.32 Å². The molecule has 0 spiro atoms. The zero-order chi connectivity index (χ0) is 19.7. The number of hydrogen-bond donors (Lipinski definition) is 1. The highest BCUT2D eigenvalue weighted by molar-refractivity contribution is 6.13. The first-order valence-electron chi connectivity index (χ1n) is 9.17. The topological polar surface area (TPSA) is 63.2 Å². The lowest BCUT2D eigenvalue weighted by Crippen LogP contribution is -2.19. The smallest absolute Gasteiger partial charge is 0.255 e. The van der Waals surface area contributed by atoms with Crippen molar-refractivity contribution >= 4 is 23.2 Å². The van der Waals surface area contributed by atoms with E-state index in [1.54, 1.807) is 12.1 Å². The minimum Gasteiger partial charge on any atom is -0.321 e. The largest absolute Gasteiger partial charge is 0.321 e. The molecule has 0 atom stereocenters. The van der Waals surface area contributed by atoms with E-state index in [4.69, 9.17) is 0 Å². The molecule has 2 aromatic carbocycles. The third-order valence-electron chi connectivity index (χ3n) is 4.94. The fourth-order valence-corrected chi connectivity index (χ4v) is 3.52. The standard InChI is InChI=1S/C22H22FNO3/c1-4-13-6-5-7-17(19(13)21(26)12(2)3)24-22(27)15-8-10-16(23)20-14(15)9-11-18(20)25/h5-8,10,12H,4,9,11H2,1-3H3,(H,24,27). The molecule has 0 heterocycles. The van der Waals surface area contributed by atoms with Gasteiger partial charge in [-0.1, -0.05) is 32.9 Å².